The molecule has 3 rings (SSSR count). The van der Waals surface area contributed by atoms with E-state index in [1.165, 1.54) is 32.4 Å². The van der Waals surface area contributed by atoms with Gasteiger partial charge in [0.2, 0.25) is 15.9 Å². The first-order chi connectivity index (χ1) is 22.1. The number of amides is 3. The Morgan fingerprint density at radius 1 is 0.833 bits per heavy atom. The average Bonchev–Trinajstić information content (AvgIpc) is 3.30. The molecular formula is C33H46N6O7S2. The molecule has 0 radical (unpaired) electrons. The maximum atomic E-state index is 12.5. The molecule has 0 spiro atoms. The molecule has 15 heteroatoms. The minimum atomic E-state index is -3.55. The standard InChI is InChI=1S/C33H46N6O7S2/c1-21(40)34-28-36-26(27(47-28)20-23-12-17-25(18-13-23)48(45,46)37(8)9)19-14-22-10-15-24(16-11-22)35-29(38(30(41)42)32(2,3)4)39(31(43)44)33(5,6)7/h10-13,15-18,29,35H,14,19-20H2,1-9H3,(H,41,42)(H,43,44)(H,34,36,40). The second-order valence-electron chi connectivity index (χ2n) is 13.5. The summed E-state index contributed by atoms with van der Waals surface area (Å²) in [5.41, 5.74) is 1.36. The van der Waals surface area contributed by atoms with E-state index in [9.17, 15) is 33.0 Å². The number of anilines is 2. The first-order valence-electron chi connectivity index (χ1n) is 15.3. The molecule has 4 N–H and O–H groups in total. The quantitative estimate of drug-likeness (QED) is 0.166. The van der Waals surface area contributed by atoms with E-state index in [-0.39, 0.29) is 10.8 Å². The van der Waals surface area contributed by atoms with Gasteiger partial charge >= 0.3 is 12.2 Å². The number of hydrogen-bond acceptors (Lipinski definition) is 8. The van der Waals surface area contributed by atoms with Gasteiger partial charge in [-0.3, -0.25) is 14.6 Å². The fourth-order valence-electron chi connectivity index (χ4n) is 5.04. The highest BCUT2D eigenvalue weighted by Crippen LogP contribution is 2.29. The maximum absolute atomic E-state index is 12.5. The van der Waals surface area contributed by atoms with Gasteiger partial charge in [-0.25, -0.2) is 27.3 Å². The molecule has 0 atom stereocenters. The number of thiazole rings is 1. The Balaban J connectivity index is 1.84. The first kappa shape index (κ1) is 38.2. The third-order valence-electron chi connectivity index (χ3n) is 7.37. The lowest BCUT2D eigenvalue weighted by Gasteiger charge is -2.48. The molecule has 0 bridgehead atoms. The largest absolute Gasteiger partial charge is 0.465 e. The second-order valence-corrected chi connectivity index (χ2v) is 16.8. The predicted octanol–water partition coefficient (Wildman–Crippen LogP) is 5.98. The number of carboxylic acid groups (broad SMARTS) is 2. The summed E-state index contributed by atoms with van der Waals surface area (Å²) in [5.74, 6) is -0.234. The Bertz CT molecular complexity index is 1680. The summed E-state index contributed by atoms with van der Waals surface area (Å²) in [5, 5.41) is 26.6. The van der Waals surface area contributed by atoms with Crippen LogP contribution in [0.15, 0.2) is 53.4 Å². The molecule has 1 heterocycles. The molecule has 0 aliphatic carbocycles. The van der Waals surface area contributed by atoms with Crippen LogP contribution >= 0.6 is 11.3 Å². The number of benzene rings is 2. The van der Waals surface area contributed by atoms with Gasteiger partial charge in [0, 0.05) is 49.1 Å². The summed E-state index contributed by atoms with van der Waals surface area (Å²) in [6.07, 6.45) is -2.08. The van der Waals surface area contributed by atoms with Crippen molar-refractivity contribution in [2.45, 2.75) is 90.0 Å². The number of carbonyl (C=O) groups excluding carboxylic acids is 1. The van der Waals surface area contributed by atoms with Gasteiger partial charge < -0.3 is 20.8 Å². The average molecular weight is 703 g/mol. The van der Waals surface area contributed by atoms with E-state index < -0.39 is 39.6 Å². The number of carbonyl (C=O) groups is 3. The molecule has 13 nitrogen and oxygen atoms in total. The van der Waals surface area contributed by atoms with Crippen molar-refractivity contribution in [1.29, 1.82) is 0 Å². The highest BCUT2D eigenvalue weighted by atomic mass is 32.2. The zero-order valence-electron chi connectivity index (χ0n) is 28.9. The summed E-state index contributed by atoms with van der Waals surface area (Å²) in [6.45, 7) is 11.6. The van der Waals surface area contributed by atoms with Gasteiger partial charge in [0.05, 0.1) is 10.6 Å². The molecule has 0 saturated carbocycles. The number of rotatable bonds is 12. The number of sulfonamides is 1. The van der Waals surface area contributed by atoms with E-state index in [4.69, 9.17) is 0 Å². The fourth-order valence-corrected chi connectivity index (χ4v) is 7.03. The van der Waals surface area contributed by atoms with Crippen molar-refractivity contribution in [3.05, 3.63) is 70.2 Å². The van der Waals surface area contributed by atoms with E-state index in [1.807, 2.05) is 12.1 Å². The van der Waals surface area contributed by atoms with Crippen molar-refractivity contribution < 1.29 is 33.0 Å². The minimum absolute atomic E-state index is 0.201. The van der Waals surface area contributed by atoms with Gasteiger partial charge in [0.15, 0.2) is 11.4 Å². The topological polar surface area (TPSA) is 172 Å². The second kappa shape index (κ2) is 14.9. The van der Waals surface area contributed by atoms with Crippen LogP contribution in [0.3, 0.4) is 0 Å². The third-order valence-corrected chi connectivity index (χ3v) is 10.2. The predicted molar refractivity (Wildman–Crippen MR) is 187 cm³/mol. The van der Waals surface area contributed by atoms with E-state index in [0.717, 1.165) is 35.8 Å². The molecule has 0 saturated heterocycles. The lowest BCUT2D eigenvalue weighted by molar-refractivity contribution is -0.114. The van der Waals surface area contributed by atoms with Crippen molar-refractivity contribution in [3.63, 3.8) is 0 Å². The number of aryl methyl sites for hydroxylation is 2. The van der Waals surface area contributed by atoms with Crippen LogP contribution in [0, 0.1) is 0 Å². The Morgan fingerprint density at radius 2 is 1.33 bits per heavy atom. The van der Waals surface area contributed by atoms with Gasteiger partial charge in [-0.15, -0.1) is 11.3 Å². The number of aromatic nitrogens is 1. The lowest BCUT2D eigenvalue weighted by atomic mass is 10.0. The zero-order valence-corrected chi connectivity index (χ0v) is 30.5. The highest BCUT2D eigenvalue weighted by Gasteiger charge is 2.43. The molecule has 262 valence electrons. The third kappa shape index (κ3) is 9.67. The van der Waals surface area contributed by atoms with Gasteiger partial charge in [0.25, 0.3) is 0 Å². The van der Waals surface area contributed by atoms with E-state index in [2.05, 4.69) is 15.6 Å². The van der Waals surface area contributed by atoms with Crippen molar-refractivity contribution in [1.82, 2.24) is 19.1 Å². The SMILES string of the molecule is CC(=O)Nc1nc(CCc2ccc(NC(N(C(=O)O)C(C)(C)C)N(C(=O)O)C(C)(C)C)cc2)c(Cc2ccc(S(=O)(=O)N(C)C)cc2)s1. The van der Waals surface area contributed by atoms with Crippen LogP contribution in [0.5, 0.6) is 0 Å². The fraction of sp³-hybridized carbons (Fsp3) is 0.455. The summed E-state index contributed by atoms with van der Waals surface area (Å²) in [7, 11) is -0.582. The van der Waals surface area contributed by atoms with Gasteiger partial charge in [0.1, 0.15) is 0 Å². The maximum Gasteiger partial charge on any atom is 0.410 e. The van der Waals surface area contributed by atoms with Crippen LogP contribution in [0.1, 0.15) is 70.2 Å². The normalized spacial score (nSPS) is 12.2. The number of nitrogens with one attached hydrogen (secondary N) is 2. The summed E-state index contributed by atoms with van der Waals surface area (Å²) < 4.78 is 26.1. The highest BCUT2D eigenvalue weighted by molar-refractivity contribution is 7.89. The van der Waals surface area contributed by atoms with Crippen LogP contribution < -0.4 is 10.6 Å². The molecule has 48 heavy (non-hydrogen) atoms. The van der Waals surface area contributed by atoms with E-state index >= 15 is 0 Å². The molecule has 0 fully saturated rings. The zero-order chi connectivity index (χ0) is 36.2. The van der Waals surface area contributed by atoms with Crippen molar-refractivity contribution >= 4 is 50.3 Å². The summed E-state index contributed by atoms with van der Waals surface area (Å²) in [6, 6.07) is 14.0. The van der Waals surface area contributed by atoms with Gasteiger partial charge in [-0.05, 0) is 89.8 Å². The molecule has 0 aliphatic heterocycles. The smallest absolute Gasteiger partial charge is 0.410 e. The van der Waals surface area contributed by atoms with Gasteiger partial charge in [-0.1, -0.05) is 24.3 Å². The van der Waals surface area contributed by atoms with Crippen molar-refractivity contribution in [2.24, 2.45) is 0 Å². The molecule has 3 aromatic rings. The lowest BCUT2D eigenvalue weighted by Crippen LogP contribution is -2.66. The van der Waals surface area contributed by atoms with Crippen LogP contribution in [-0.4, -0.2) is 87.3 Å². The Kier molecular flexibility index (Phi) is 11.9. The Morgan fingerprint density at radius 3 is 1.77 bits per heavy atom. The summed E-state index contributed by atoms with van der Waals surface area (Å²) >= 11 is 1.37. The first-order valence-corrected chi connectivity index (χ1v) is 17.5. The van der Waals surface area contributed by atoms with Crippen LogP contribution in [0.2, 0.25) is 0 Å². The molecule has 0 unspecified atom stereocenters. The monoisotopic (exact) mass is 702 g/mol. The molecule has 2 aromatic carbocycles. The van der Waals surface area contributed by atoms with Crippen LogP contribution in [-0.2, 0) is 34.1 Å². The Hall–Kier alpha value is -4.21. The van der Waals surface area contributed by atoms with Crippen LogP contribution in [0.4, 0.5) is 20.4 Å². The van der Waals surface area contributed by atoms with Crippen molar-refractivity contribution in [2.75, 3.05) is 24.7 Å². The molecular weight excluding hydrogens is 657 g/mol. The molecule has 1 aromatic heterocycles. The Labute approximate surface area is 286 Å². The molecule has 3 amide bonds. The minimum Gasteiger partial charge on any atom is -0.465 e. The summed E-state index contributed by atoms with van der Waals surface area (Å²) in [4.78, 5) is 44.5. The van der Waals surface area contributed by atoms with Gasteiger partial charge in [-0.2, -0.15) is 0 Å². The van der Waals surface area contributed by atoms with E-state index in [1.54, 1.807) is 77.9 Å². The number of nitrogens with zero attached hydrogens (tertiary/aromatic N) is 4. The van der Waals surface area contributed by atoms with Crippen molar-refractivity contribution in [3.8, 4) is 0 Å². The van der Waals surface area contributed by atoms with E-state index in [0.29, 0.717) is 30.1 Å². The van der Waals surface area contributed by atoms with Crippen LogP contribution in [0.25, 0.3) is 0 Å². The number of hydrogen-bond donors (Lipinski definition) is 4. The molecule has 0 aliphatic rings.